The zero-order valence-electron chi connectivity index (χ0n) is 22.1. The van der Waals surface area contributed by atoms with Crippen molar-refractivity contribution in [2.75, 3.05) is 79.8 Å². The molecule has 0 bridgehead atoms. The molecule has 0 amide bonds. The van der Waals surface area contributed by atoms with E-state index < -0.39 is 23.2 Å². The molecule has 216 valence electrons. The molecule has 1 rings (SSSR count). The zero-order chi connectivity index (χ0) is 27.8. The van der Waals surface area contributed by atoms with Crippen LogP contribution in [0.3, 0.4) is 0 Å². The van der Waals surface area contributed by atoms with Gasteiger partial charge in [-0.2, -0.15) is 0 Å². The molecule has 0 aliphatic carbocycles. The summed E-state index contributed by atoms with van der Waals surface area (Å²) >= 11 is 0. The van der Waals surface area contributed by atoms with E-state index in [1.807, 2.05) is 6.92 Å². The minimum Gasteiger partial charge on any atom is -0.463 e. The largest absolute Gasteiger partial charge is 0.463 e. The van der Waals surface area contributed by atoms with Gasteiger partial charge in [0.05, 0.1) is 82.8 Å². The van der Waals surface area contributed by atoms with E-state index in [2.05, 4.69) is 0 Å². The smallest absolute Gasteiger partial charge is 0.310 e. The van der Waals surface area contributed by atoms with Crippen molar-refractivity contribution in [3.63, 3.8) is 0 Å². The van der Waals surface area contributed by atoms with Crippen LogP contribution >= 0.6 is 0 Å². The molecule has 0 aromatic heterocycles. The summed E-state index contributed by atoms with van der Waals surface area (Å²) < 4.78 is 42.1. The normalized spacial score (nSPS) is 11.7. The zero-order valence-corrected chi connectivity index (χ0v) is 22.1. The third kappa shape index (κ3) is 16.2. The summed E-state index contributed by atoms with van der Waals surface area (Å²) in [5, 5.41) is 11.4. The maximum absolute atomic E-state index is 12.4. The molecule has 0 saturated carbocycles. The van der Waals surface area contributed by atoms with E-state index in [-0.39, 0.29) is 63.7 Å². The topological polar surface area (TPSA) is 151 Å². The molecule has 0 aliphatic heterocycles. The predicted octanol–water partition coefficient (Wildman–Crippen LogP) is 2.60. The number of para-hydroxylation sites is 1. The molecule has 1 aromatic rings. The Bertz CT molecular complexity index is 791. The van der Waals surface area contributed by atoms with Crippen LogP contribution in [-0.2, 0) is 47.5 Å². The molecule has 0 heterocycles. The molecule has 0 N–H and O–H groups in total. The first kappa shape index (κ1) is 33.3. The Morgan fingerprint density at radius 1 is 0.789 bits per heavy atom. The van der Waals surface area contributed by atoms with E-state index in [4.69, 9.17) is 37.9 Å². The number of methoxy groups -OCH3 is 1. The maximum atomic E-state index is 12.4. The van der Waals surface area contributed by atoms with Gasteiger partial charge >= 0.3 is 11.9 Å². The summed E-state index contributed by atoms with van der Waals surface area (Å²) in [5.41, 5.74) is -0.137. The van der Waals surface area contributed by atoms with Crippen LogP contribution in [0.15, 0.2) is 24.3 Å². The lowest BCUT2D eigenvalue weighted by Crippen LogP contribution is -2.20. The van der Waals surface area contributed by atoms with E-state index in [1.165, 1.54) is 25.3 Å². The van der Waals surface area contributed by atoms with Gasteiger partial charge in [0.25, 0.3) is 5.69 Å². The predicted molar refractivity (Wildman–Crippen MR) is 134 cm³/mol. The lowest BCUT2D eigenvalue weighted by atomic mass is 10.1. The Labute approximate surface area is 222 Å². The Hall–Kier alpha value is -2.68. The summed E-state index contributed by atoms with van der Waals surface area (Å²) in [5.74, 6) is -1.09. The summed E-state index contributed by atoms with van der Waals surface area (Å²) in [6.45, 7) is 5.02. The number of rotatable bonds is 24. The quantitative estimate of drug-likeness (QED) is 0.0617. The second kappa shape index (κ2) is 22.3. The molecule has 1 aromatic carbocycles. The second-order valence-electron chi connectivity index (χ2n) is 7.67. The molecule has 0 fully saturated rings. The van der Waals surface area contributed by atoms with Crippen molar-refractivity contribution in [2.45, 2.75) is 32.5 Å². The fourth-order valence-corrected chi connectivity index (χ4v) is 2.85. The van der Waals surface area contributed by atoms with Gasteiger partial charge in [0.2, 0.25) is 6.29 Å². The maximum Gasteiger partial charge on any atom is 0.310 e. The summed E-state index contributed by atoms with van der Waals surface area (Å²) in [4.78, 5) is 34.6. The van der Waals surface area contributed by atoms with Crippen molar-refractivity contribution < 1.29 is 52.4 Å². The molecule has 13 heteroatoms. The summed E-state index contributed by atoms with van der Waals surface area (Å²) in [6, 6.07) is 5.85. The van der Waals surface area contributed by atoms with E-state index >= 15 is 0 Å². The van der Waals surface area contributed by atoms with Crippen LogP contribution in [-0.4, -0.2) is 96.6 Å². The number of hydrogen-bond acceptors (Lipinski definition) is 12. The average Bonchev–Trinajstić information content (AvgIpc) is 2.91. The Morgan fingerprint density at radius 2 is 1.37 bits per heavy atom. The fourth-order valence-electron chi connectivity index (χ4n) is 2.85. The first-order valence-corrected chi connectivity index (χ1v) is 12.5. The summed E-state index contributed by atoms with van der Waals surface area (Å²) in [6.07, 6.45) is -0.341. The standard InChI is InChI=1S/C25H39NO12/c1-3-10-32-13-14-34-15-16-35-18-20-37-25(21-6-4-5-7-22(21)26(29)30)38-24(28)9-12-33-17-19-36-23(27)8-11-31-2/h4-7,25H,3,8-20H2,1-2H3. The van der Waals surface area contributed by atoms with Crippen molar-refractivity contribution in [2.24, 2.45) is 0 Å². The Kier molecular flexibility index (Phi) is 19.6. The van der Waals surface area contributed by atoms with Gasteiger partial charge in [-0.1, -0.05) is 19.1 Å². The van der Waals surface area contributed by atoms with Gasteiger partial charge in [-0.15, -0.1) is 0 Å². The monoisotopic (exact) mass is 545 g/mol. The van der Waals surface area contributed by atoms with Gasteiger partial charge in [0.1, 0.15) is 6.61 Å². The number of nitrogens with zero attached hydrogens (tertiary/aromatic N) is 1. The molecular weight excluding hydrogens is 506 g/mol. The van der Waals surface area contributed by atoms with E-state index in [0.29, 0.717) is 33.0 Å². The van der Waals surface area contributed by atoms with Gasteiger partial charge in [0, 0.05) is 19.8 Å². The first-order chi connectivity index (χ1) is 18.5. The molecule has 1 atom stereocenters. The highest BCUT2D eigenvalue weighted by atomic mass is 16.7. The van der Waals surface area contributed by atoms with Gasteiger partial charge in [-0.05, 0) is 12.5 Å². The van der Waals surface area contributed by atoms with E-state index in [1.54, 1.807) is 6.07 Å². The third-order valence-corrected chi connectivity index (χ3v) is 4.67. The molecule has 13 nitrogen and oxygen atoms in total. The average molecular weight is 546 g/mol. The van der Waals surface area contributed by atoms with Gasteiger partial charge in [-0.3, -0.25) is 19.7 Å². The van der Waals surface area contributed by atoms with Gasteiger partial charge in [-0.25, -0.2) is 0 Å². The lowest BCUT2D eigenvalue weighted by Gasteiger charge is -2.19. The molecular formula is C25H39NO12. The third-order valence-electron chi connectivity index (χ3n) is 4.67. The van der Waals surface area contributed by atoms with Crippen LogP contribution in [0.1, 0.15) is 38.0 Å². The van der Waals surface area contributed by atoms with Crippen LogP contribution in [0.25, 0.3) is 0 Å². The second-order valence-corrected chi connectivity index (χ2v) is 7.67. The molecule has 1 unspecified atom stereocenters. The van der Waals surface area contributed by atoms with E-state index in [0.717, 1.165) is 6.42 Å². The first-order valence-electron chi connectivity index (χ1n) is 12.5. The van der Waals surface area contributed by atoms with Crippen LogP contribution in [0.2, 0.25) is 0 Å². The molecule has 0 aliphatic rings. The number of nitro groups is 1. The fraction of sp³-hybridized carbons (Fsp3) is 0.680. The van der Waals surface area contributed by atoms with Crippen LogP contribution < -0.4 is 0 Å². The van der Waals surface area contributed by atoms with Crippen molar-refractivity contribution >= 4 is 17.6 Å². The minimum atomic E-state index is -1.30. The number of carbonyl (C=O) groups is 2. The Balaban J connectivity index is 2.42. The highest BCUT2D eigenvalue weighted by molar-refractivity contribution is 5.70. The number of esters is 2. The molecule has 38 heavy (non-hydrogen) atoms. The van der Waals surface area contributed by atoms with Crippen LogP contribution in [0.4, 0.5) is 5.69 Å². The van der Waals surface area contributed by atoms with Crippen molar-refractivity contribution in [3.05, 3.63) is 39.9 Å². The van der Waals surface area contributed by atoms with E-state index in [9.17, 15) is 19.7 Å². The number of ether oxygens (including phenoxy) is 8. The number of nitro benzene ring substituents is 1. The van der Waals surface area contributed by atoms with Gasteiger partial charge in [0.15, 0.2) is 0 Å². The number of carbonyl (C=O) groups excluding carboxylic acids is 2. The van der Waals surface area contributed by atoms with Gasteiger partial charge < -0.3 is 37.9 Å². The van der Waals surface area contributed by atoms with Crippen molar-refractivity contribution in [1.82, 2.24) is 0 Å². The molecule has 0 saturated heterocycles. The Morgan fingerprint density at radius 3 is 2.03 bits per heavy atom. The highest BCUT2D eigenvalue weighted by Crippen LogP contribution is 2.28. The number of benzene rings is 1. The van der Waals surface area contributed by atoms with Crippen molar-refractivity contribution in [1.29, 1.82) is 0 Å². The molecule has 0 spiro atoms. The SMILES string of the molecule is CCCOCCOCCOCCOC(OC(=O)CCOCCOC(=O)CCOC)c1ccccc1[N+](=O)[O-]. The van der Waals surface area contributed by atoms with Crippen LogP contribution in [0, 0.1) is 10.1 Å². The summed E-state index contributed by atoms with van der Waals surface area (Å²) in [7, 11) is 1.48. The molecule has 0 radical (unpaired) electrons. The highest BCUT2D eigenvalue weighted by Gasteiger charge is 2.25. The minimum absolute atomic E-state index is 0.00462. The number of hydrogen-bond donors (Lipinski definition) is 0. The van der Waals surface area contributed by atoms with Crippen LogP contribution in [0.5, 0.6) is 0 Å². The lowest BCUT2D eigenvalue weighted by molar-refractivity contribution is -0.387. The van der Waals surface area contributed by atoms with Crippen molar-refractivity contribution in [3.8, 4) is 0 Å².